The van der Waals surface area contributed by atoms with E-state index < -0.39 is 5.97 Å². The fourth-order valence-electron chi connectivity index (χ4n) is 1.24. The quantitative estimate of drug-likeness (QED) is 0.695. The number of carbonyl (C=O) groups is 1. The number of carboxylic acids is 1. The van der Waals surface area contributed by atoms with Gasteiger partial charge >= 0.3 is 5.97 Å². The second-order valence-electron chi connectivity index (χ2n) is 3.27. The summed E-state index contributed by atoms with van der Waals surface area (Å²) >= 11 is 0. The molecule has 0 aliphatic heterocycles. The van der Waals surface area contributed by atoms with Gasteiger partial charge in [0.25, 0.3) is 0 Å². The Morgan fingerprint density at radius 3 is 2.53 bits per heavy atom. The summed E-state index contributed by atoms with van der Waals surface area (Å²) < 4.78 is 0. The Bertz CT molecular complexity index is 540. The SMILES string of the molecule is O=C(O)c1cc(Nc2ccc(O)cc2)ncn1. The van der Waals surface area contributed by atoms with E-state index in [1.807, 2.05) is 0 Å². The van der Waals surface area contributed by atoms with Crippen LogP contribution in [0.1, 0.15) is 10.5 Å². The van der Waals surface area contributed by atoms with Crippen molar-refractivity contribution < 1.29 is 15.0 Å². The van der Waals surface area contributed by atoms with E-state index in [4.69, 9.17) is 10.2 Å². The topological polar surface area (TPSA) is 95.3 Å². The molecule has 0 bridgehead atoms. The second-order valence-corrected chi connectivity index (χ2v) is 3.27. The van der Waals surface area contributed by atoms with Crippen LogP contribution >= 0.6 is 0 Å². The standard InChI is InChI=1S/C11H9N3O3/c15-8-3-1-7(2-4-8)14-10-5-9(11(16)17)12-6-13-10/h1-6,15H,(H,16,17)(H,12,13,14). The van der Waals surface area contributed by atoms with Gasteiger partial charge in [0.15, 0.2) is 5.69 Å². The summed E-state index contributed by atoms with van der Waals surface area (Å²) in [7, 11) is 0. The van der Waals surface area contributed by atoms with Gasteiger partial charge in [-0.15, -0.1) is 0 Å². The maximum Gasteiger partial charge on any atom is 0.354 e. The van der Waals surface area contributed by atoms with Gasteiger partial charge in [-0.05, 0) is 24.3 Å². The summed E-state index contributed by atoms with van der Waals surface area (Å²) in [4.78, 5) is 18.2. The number of carboxylic acid groups (broad SMARTS) is 1. The molecule has 0 amide bonds. The Morgan fingerprint density at radius 2 is 1.88 bits per heavy atom. The van der Waals surface area contributed by atoms with Crippen LogP contribution in [0.2, 0.25) is 0 Å². The lowest BCUT2D eigenvalue weighted by Gasteiger charge is -2.05. The van der Waals surface area contributed by atoms with Crippen molar-refractivity contribution in [3.63, 3.8) is 0 Å². The Balaban J connectivity index is 2.21. The van der Waals surface area contributed by atoms with Crippen LogP contribution in [0.25, 0.3) is 0 Å². The van der Waals surface area contributed by atoms with Gasteiger partial charge in [-0.25, -0.2) is 14.8 Å². The van der Waals surface area contributed by atoms with Crippen molar-refractivity contribution in [2.24, 2.45) is 0 Å². The van der Waals surface area contributed by atoms with Crippen LogP contribution in [-0.4, -0.2) is 26.2 Å². The minimum atomic E-state index is -1.11. The molecule has 0 saturated heterocycles. The molecule has 0 radical (unpaired) electrons. The molecule has 86 valence electrons. The molecule has 0 atom stereocenters. The molecule has 2 aromatic rings. The Labute approximate surface area is 96.6 Å². The zero-order valence-electron chi connectivity index (χ0n) is 8.66. The Kier molecular flexibility index (Phi) is 2.87. The third-order valence-corrected chi connectivity index (χ3v) is 2.03. The maximum atomic E-state index is 10.7. The molecule has 1 heterocycles. The Hall–Kier alpha value is -2.63. The summed E-state index contributed by atoms with van der Waals surface area (Å²) in [5.41, 5.74) is 0.610. The molecule has 1 aromatic heterocycles. The maximum absolute atomic E-state index is 10.7. The molecule has 2 rings (SSSR count). The normalized spacial score (nSPS) is 9.88. The zero-order valence-corrected chi connectivity index (χ0v) is 8.66. The van der Waals surface area contributed by atoms with E-state index in [2.05, 4.69) is 15.3 Å². The van der Waals surface area contributed by atoms with E-state index in [0.717, 1.165) is 0 Å². The van der Waals surface area contributed by atoms with Crippen LogP contribution in [-0.2, 0) is 0 Å². The molecular formula is C11H9N3O3. The van der Waals surface area contributed by atoms with Crippen molar-refractivity contribution in [3.05, 3.63) is 42.4 Å². The van der Waals surface area contributed by atoms with Gasteiger partial charge in [0.1, 0.15) is 17.9 Å². The van der Waals surface area contributed by atoms with Crippen molar-refractivity contribution >= 4 is 17.5 Å². The number of phenolic OH excluding ortho intramolecular Hbond substituents is 1. The molecule has 3 N–H and O–H groups in total. The first-order valence-corrected chi connectivity index (χ1v) is 4.76. The number of nitrogens with zero attached hydrogens (tertiary/aromatic N) is 2. The lowest BCUT2D eigenvalue weighted by Crippen LogP contribution is -2.02. The fraction of sp³-hybridized carbons (Fsp3) is 0. The number of hydrogen-bond acceptors (Lipinski definition) is 5. The van der Waals surface area contributed by atoms with Gasteiger partial charge in [-0.1, -0.05) is 0 Å². The van der Waals surface area contributed by atoms with Gasteiger partial charge in [0.05, 0.1) is 0 Å². The molecule has 0 spiro atoms. The molecule has 0 saturated carbocycles. The van der Waals surface area contributed by atoms with Crippen molar-refractivity contribution in [3.8, 4) is 5.75 Å². The minimum absolute atomic E-state index is 0.0821. The summed E-state index contributed by atoms with van der Waals surface area (Å²) in [5.74, 6) is -0.575. The third kappa shape index (κ3) is 2.69. The molecule has 0 aliphatic carbocycles. The van der Waals surface area contributed by atoms with Gasteiger partial charge in [0, 0.05) is 11.8 Å². The number of nitrogens with one attached hydrogen (secondary N) is 1. The number of aromatic nitrogens is 2. The van der Waals surface area contributed by atoms with Crippen molar-refractivity contribution in [2.45, 2.75) is 0 Å². The number of phenols is 1. The number of hydrogen-bond donors (Lipinski definition) is 3. The highest BCUT2D eigenvalue weighted by molar-refractivity contribution is 5.86. The lowest BCUT2D eigenvalue weighted by molar-refractivity contribution is 0.0690. The van der Waals surface area contributed by atoms with Gasteiger partial charge in [0.2, 0.25) is 0 Å². The predicted molar refractivity (Wildman–Crippen MR) is 60.4 cm³/mol. The predicted octanol–water partition coefficient (Wildman–Crippen LogP) is 1.62. The largest absolute Gasteiger partial charge is 0.508 e. The van der Waals surface area contributed by atoms with Crippen molar-refractivity contribution in [1.29, 1.82) is 0 Å². The van der Waals surface area contributed by atoms with Crippen LogP contribution in [0, 0.1) is 0 Å². The lowest BCUT2D eigenvalue weighted by atomic mass is 10.3. The molecule has 0 unspecified atom stereocenters. The van der Waals surface area contributed by atoms with E-state index in [1.54, 1.807) is 12.1 Å². The van der Waals surface area contributed by atoms with E-state index >= 15 is 0 Å². The molecular weight excluding hydrogens is 222 g/mol. The molecule has 0 fully saturated rings. The van der Waals surface area contributed by atoms with Crippen LogP contribution in [0.15, 0.2) is 36.7 Å². The minimum Gasteiger partial charge on any atom is -0.508 e. The third-order valence-electron chi connectivity index (χ3n) is 2.03. The molecule has 17 heavy (non-hydrogen) atoms. The van der Waals surface area contributed by atoms with E-state index in [1.165, 1.54) is 24.5 Å². The number of aromatic hydroxyl groups is 1. The first-order chi connectivity index (χ1) is 8.15. The highest BCUT2D eigenvalue weighted by Crippen LogP contribution is 2.17. The van der Waals surface area contributed by atoms with Gasteiger partial charge in [-0.2, -0.15) is 0 Å². The van der Waals surface area contributed by atoms with Crippen LogP contribution in [0.3, 0.4) is 0 Å². The highest BCUT2D eigenvalue weighted by atomic mass is 16.4. The summed E-state index contributed by atoms with van der Waals surface area (Å²) in [6.07, 6.45) is 1.17. The average Bonchev–Trinajstić information content (AvgIpc) is 2.32. The average molecular weight is 231 g/mol. The smallest absolute Gasteiger partial charge is 0.354 e. The summed E-state index contributed by atoms with van der Waals surface area (Å²) in [5, 5.41) is 20.8. The molecule has 6 heteroatoms. The van der Waals surface area contributed by atoms with Crippen molar-refractivity contribution in [1.82, 2.24) is 9.97 Å². The molecule has 6 nitrogen and oxygen atoms in total. The van der Waals surface area contributed by atoms with Gasteiger partial charge in [-0.3, -0.25) is 0 Å². The fourth-order valence-corrected chi connectivity index (χ4v) is 1.24. The second kappa shape index (κ2) is 4.48. The number of aromatic carboxylic acids is 1. The molecule has 0 aliphatic rings. The van der Waals surface area contributed by atoms with Crippen molar-refractivity contribution in [2.75, 3.05) is 5.32 Å². The van der Waals surface area contributed by atoms with E-state index in [-0.39, 0.29) is 11.4 Å². The van der Waals surface area contributed by atoms with Crippen LogP contribution in [0.5, 0.6) is 5.75 Å². The number of rotatable bonds is 3. The first-order valence-electron chi connectivity index (χ1n) is 4.76. The number of benzene rings is 1. The van der Waals surface area contributed by atoms with Gasteiger partial charge < -0.3 is 15.5 Å². The summed E-state index contributed by atoms with van der Waals surface area (Å²) in [6.45, 7) is 0. The zero-order chi connectivity index (χ0) is 12.3. The Morgan fingerprint density at radius 1 is 1.18 bits per heavy atom. The van der Waals surface area contributed by atoms with Crippen LogP contribution < -0.4 is 5.32 Å². The van der Waals surface area contributed by atoms with Crippen LogP contribution in [0.4, 0.5) is 11.5 Å². The molecule has 1 aromatic carbocycles. The van der Waals surface area contributed by atoms with E-state index in [9.17, 15) is 4.79 Å². The number of anilines is 2. The summed E-state index contributed by atoms with van der Waals surface area (Å²) in [6, 6.07) is 7.66. The highest BCUT2D eigenvalue weighted by Gasteiger charge is 2.05. The first kappa shape index (κ1) is 10.9. The monoisotopic (exact) mass is 231 g/mol. The van der Waals surface area contributed by atoms with E-state index in [0.29, 0.717) is 11.5 Å².